The molecule has 0 saturated carbocycles. The summed E-state index contributed by atoms with van der Waals surface area (Å²) >= 11 is 0. The van der Waals surface area contributed by atoms with Gasteiger partial charge in [-0.3, -0.25) is 4.79 Å². The van der Waals surface area contributed by atoms with Gasteiger partial charge in [-0.1, -0.05) is 69.0 Å². The van der Waals surface area contributed by atoms with Crippen LogP contribution in [0.2, 0.25) is 0 Å². The van der Waals surface area contributed by atoms with E-state index in [2.05, 4.69) is 13.2 Å². The van der Waals surface area contributed by atoms with Crippen LogP contribution in [0.15, 0.2) is 61.2 Å². The van der Waals surface area contributed by atoms with Gasteiger partial charge < -0.3 is 4.74 Å². The largest absolute Gasteiger partial charge is 0.496 e. The monoisotopic (exact) mass is 338 g/mol. The molecule has 2 heteroatoms. The summed E-state index contributed by atoms with van der Waals surface area (Å²) in [5.41, 5.74) is 4.87. The Morgan fingerprint density at radius 2 is 1.84 bits per heavy atom. The average Bonchev–Trinajstić information content (AvgIpc) is 2.65. The summed E-state index contributed by atoms with van der Waals surface area (Å²) in [5.74, 6) is 0.894. The molecule has 0 unspecified atom stereocenters. The first-order chi connectivity index (χ1) is 12.0. The van der Waals surface area contributed by atoms with Crippen molar-refractivity contribution in [3.63, 3.8) is 0 Å². The lowest BCUT2D eigenvalue weighted by atomic mass is 9.95. The lowest BCUT2D eigenvalue weighted by Crippen LogP contribution is -2.03. The molecule has 2 aromatic rings. The van der Waals surface area contributed by atoms with Gasteiger partial charge in [0.1, 0.15) is 5.75 Å². The van der Waals surface area contributed by atoms with Crippen LogP contribution in [-0.2, 0) is 6.42 Å². The fourth-order valence-electron chi connectivity index (χ4n) is 2.56. The van der Waals surface area contributed by atoms with Crippen molar-refractivity contribution in [2.24, 2.45) is 0 Å². The van der Waals surface area contributed by atoms with Crippen LogP contribution in [-0.4, -0.2) is 12.9 Å². The summed E-state index contributed by atoms with van der Waals surface area (Å²) in [6.07, 6.45) is 2.80. The van der Waals surface area contributed by atoms with Crippen molar-refractivity contribution in [3.8, 4) is 5.75 Å². The Morgan fingerprint density at radius 1 is 1.20 bits per heavy atom. The minimum atomic E-state index is 0. The molecule has 0 heterocycles. The Kier molecular flexibility index (Phi) is 8.42. The molecule has 0 aliphatic rings. The molecule has 0 atom stereocenters. The molecule has 0 radical (unpaired) electrons. The third-order valence-electron chi connectivity index (χ3n) is 3.85. The first-order valence-corrected chi connectivity index (χ1v) is 8.60. The van der Waals surface area contributed by atoms with Crippen molar-refractivity contribution < 1.29 is 11.0 Å². The predicted octanol–water partition coefficient (Wildman–Crippen LogP) is 6.29. The summed E-state index contributed by atoms with van der Waals surface area (Å²) < 4.78 is 5.40. The van der Waals surface area contributed by atoms with Gasteiger partial charge in [0.15, 0.2) is 5.78 Å². The zero-order valence-corrected chi connectivity index (χ0v) is 15.8. The van der Waals surface area contributed by atoms with Gasteiger partial charge in [-0.05, 0) is 36.6 Å². The van der Waals surface area contributed by atoms with Crippen LogP contribution in [0.3, 0.4) is 0 Å². The smallest absolute Gasteiger partial charge is 0.166 e. The van der Waals surface area contributed by atoms with Gasteiger partial charge in [0.25, 0.3) is 0 Å². The third-order valence-corrected chi connectivity index (χ3v) is 3.85. The SMILES string of the molecule is C=Cc1cc(C)c(CC(=C)CC(=O)c2ccccc2)cc1OC.CC.[HH]. The van der Waals surface area contributed by atoms with E-state index in [1.54, 1.807) is 13.2 Å². The molecule has 0 aliphatic carbocycles. The van der Waals surface area contributed by atoms with Crippen molar-refractivity contribution >= 4 is 11.9 Å². The van der Waals surface area contributed by atoms with Crippen LogP contribution >= 0.6 is 0 Å². The number of hydrogen-bond donors (Lipinski definition) is 0. The number of allylic oxidation sites excluding steroid dienone is 1. The summed E-state index contributed by atoms with van der Waals surface area (Å²) in [5, 5.41) is 0. The van der Waals surface area contributed by atoms with E-state index in [-0.39, 0.29) is 7.21 Å². The van der Waals surface area contributed by atoms with E-state index in [0.29, 0.717) is 12.8 Å². The number of carbonyl (C=O) groups excluding carboxylic acids is 1. The van der Waals surface area contributed by atoms with E-state index in [1.807, 2.05) is 63.2 Å². The van der Waals surface area contributed by atoms with Gasteiger partial charge >= 0.3 is 0 Å². The standard InChI is InChI=1S/C21H22O2.C2H6.H2/c1-5-17-13-16(3)19(14-21(17)23-4)11-15(2)12-20(22)18-9-7-6-8-10-18;1-2;/h5-10,13-14H,1-2,11-12H2,3-4H3;1-2H3;1H. The fraction of sp³-hybridized carbons (Fsp3) is 0.261. The molecule has 0 aromatic heterocycles. The number of ketones is 1. The molecular formula is C23H30O2. The van der Waals surface area contributed by atoms with Gasteiger partial charge in [-0.25, -0.2) is 0 Å². The van der Waals surface area contributed by atoms with Crippen molar-refractivity contribution in [1.29, 1.82) is 0 Å². The topological polar surface area (TPSA) is 26.3 Å². The normalized spacial score (nSPS) is 9.60. The van der Waals surface area contributed by atoms with Crippen LogP contribution in [0, 0.1) is 6.92 Å². The van der Waals surface area contributed by atoms with Gasteiger partial charge in [0.2, 0.25) is 0 Å². The lowest BCUT2D eigenvalue weighted by molar-refractivity contribution is 0.0992. The maximum atomic E-state index is 12.3. The number of benzene rings is 2. The van der Waals surface area contributed by atoms with Gasteiger partial charge in [-0.2, -0.15) is 0 Å². The van der Waals surface area contributed by atoms with Crippen molar-refractivity contribution in [2.75, 3.05) is 7.11 Å². The van der Waals surface area contributed by atoms with Crippen LogP contribution in [0.5, 0.6) is 5.75 Å². The van der Waals surface area contributed by atoms with Crippen molar-refractivity contribution in [2.45, 2.75) is 33.6 Å². The van der Waals surface area contributed by atoms with Crippen LogP contribution in [0.4, 0.5) is 0 Å². The zero-order chi connectivity index (χ0) is 18.8. The molecule has 0 N–H and O–H groups in total. The summed E-state index contributed by atoms with van der Waals surface area (Å²) in [4.78, 5) is 12.3. The molecule has 0 aliphatic heterocycles. The quantitative estimate of drug-likeness (QED) is 0.438. The van der Waals surface area contributed by atoms with Crippen molar-refractivity contribution in [3.05, 3.63) is 83.4 Å². The van der Waals surface area contributed by atoms with E-state index < -0.39 is 0 Å². The highest BCUT2D eigenvalue weighted by Gasteiger charge is 2.11. The van der Waals surface area contributed by atoms with Crippen LogP contribution < -0.4 is 4.74 Å². The number of Topliss-reactive ketones (excluding diaryl/α,β-unsaturated/α-hetero) is 1. The molecule has 2 aromatic carbocycles. The Hall–Kier alpha value is -2.61. The molecular weight excluding hydrogens is 308 g/mol. The first-order valence-electron chi connectivity index (χ1n) is 8.60. The second-order valence-corrected chi connectivity index (χ2v) is 5.62. The van der Waals surface area contributed by atoms with E-state index in [0.717, 1.165) is 33.6 Å². The van der Waals surface area contributed by atoms with Gasteiger partial charge in [-0.15, -0.1) is 0 Å². The fourth-order valence-corrected chi connectivity index (χ4v) is 2.56. The Balaban J connectivity index is 0.00000201. The minimum Gasteiger partial charge on any atom is -0.496 e. The minimum absolute atomic E-state index is 0. The lowest BCUT2D eigenvalue weighted by Gasteiger charge is -2.13. The van der Waals surface area contributed by atoms with E-state index in [9.17, 15) is 4.79 Å². The number of hydrogen-bond acceptors (Lipinski definition) is 2. The van der Waals surface area contributed by atoms with Crippen molar-refractivity contribution in [1.82, 2.24) is 0 Å². The molecule has 0 fully saturated rings. The average molecular weight is 338 g/mol. The molecule has 0 saturated heterocycles. The van der Waals surface area contributed by atoms with E-state index in [1.165, 1.54) is 0 Å². The van der Waals surface area contributed by atoms with E-state index >= 15 is 0 Å². The highest BCUT2D eigenvalue weighted by atomic mass is 16.5. The second kappa shape index (κ2) is 10.3. The molecule has 25 heavy (non-hydrogen) atoms. The molecule has 0 amide bonds. The predicted molar refractivity (Wildman–Crippen MR) is 110 cm³/mol. The number of methoxy groups -OCH3 is 1. The zero-order valence-electron chi connectivity index (χ0n) is 15.8. The number of aryl methyl sites for hydroxylation is 1. The summed E-state index contributed by atoms with van der Waals surface area (Å²) in [6.45, 7) is 13.9. The maximum Gasteiger partial charge on any atom is 0.166 e. The molecule has 2 nitrogen and oxygen atoms in total. The number of carbonyl (C=O) groups is 1. The summed E-state index contributed by atoms with van der Waals surface area (Å²) in [7, 11) is 1.65. The highest BCUT2D eigenvalue weighted by molar-refractivity contribution is 5.97. The van der Waals surface area contributed by atoms with Gasteiger partial charge in [0, 0.05) is 19.0 Å². The maximum absolute atomic E-state index is 12.3. The van der Waals surface area contributed by atoms with E-state index in [4.69, 9.17) is 4.74 Å². The molecule has 0 spiro atoms. The summed E-state index contributed by atoms with van der Waals surface area (Å²) in [6, 6.07) is 13.4. The third kappa shape index (κ3) is 5.75. The number of rotatable bonds is 7. The Labute approximate surface area is 153 Å². The first kappa shape index (κ1) is 20.4. The van der Waals surface area contributed by atoms with Gasteiger partial charge in [0.05, 0.1) is 7.11 Å². The Morgan fingerprint density at radius 3 is 2.40 bits per heavy atom. The molecule has 2 rings (SSSR count). The Bertz CT molecular complexity index is 733. The molecule has 0 bridgehead atoms. The van der Waals surface area contributed by atoms with Crippen LogP contribution in [0.1, 0.15) is 48.7 Å². The highest BCUT2D eigenvalue weighted by Crippen LogP contribution is 2.26. The number of ether oxygens (including phenoxy) is 1. The second-order valence-electron chi connectivity index (χ2n) is 5.62. The van der Waals surface area contributed by atoms with Crippen LogP contribution in [0.25, 0.3) is 6.08 Å². The molecule has 134 valence electrons.